The summed E-state index contributed by atoms with van der Waals surface area (Å²) in [5.74, 6) is -0.159. The molecule has 0 aromatic heterocycles. The second-order valence-electron chi connectivity index (χ2n) is 5.85. The standard InChI is InChI=1S/C16H26N4O4S/c1-17-25(22,23)13-3-4-14(19-9-10-24-2)15(11-13)20-16(21)12-5-7-18-8-6-12/h3-4,11-12,17-19H,5-10H2,1-2H3,(H,20,21). The highest BCUT2D eigenvalue weighted by molar-refractivity contribution is 7.89. The van der Waals surface area contributed by atoms with E-state index in [2.05, 4.69) is 20.7 Å². The summed E-state index contributed by atoms with van der Waals surface area (Å²) >= 11 is 0. The third-order valence-corrected chi connectivity index (χ3v) is 5.57. The van der Waals surface area contributed by atoms with Crippen molar-refractivity contribution in [3.05, 3.63) is 18.2 Å². The first-order valence-corrected chi connectivity index (χ1v) is 9.78. The summed E-state index contributed by atoms with van der Waals surface area (Å²) in [4.78, 5) is 12.6. The number of nitrogens with one attached hydrogen (secondary N) is 4. The summed E-state index contributed by atoms with van der Waals surface area (Å²) in [5.41, 5.74) is 1.12. The van der Waals surface area contributed by atoms with Crippen molar-refractivity contribution in [2.75, 3.05) is 51.0 Å². The third kappa shape index (κ3) is 5.40. The summed E-state index contributed by atoms with van der Waals surface area (Å²) in [7, 11) is -0.631. The number of hydrogen-bond acceptors (Lipinski definition) is 6. The van der Waals surface area contributed by atoms with Crippen LogP contribution in [0.4, 0.5) is 11.4 Å². The van der Waals surface area contributed by atoms with Gasteiger partial charge in [-0.1, -0.05) is 0 Å². The zero-order valence-electron chi connectivity index (χ0n) is 14.6. The third-order valence-electron chi connectivity index (χ3n) is 4.16. The predicted octanol–water partition coefficient (Wildman–Crippen LogP) is 0.591. The Morgan fingerprint density at radius 2 is 2.00 bits per heavy atom. The number of amides is 1. The Bertz CT molecular complexity index is 687. The second-order valence-corrected chi connectivity index (χ2v) is 7.73. The van der Waals surface area contributed by atoms with Crippen LogP contribution in [0.15, 0.2) is 23.1 Å². The van der Waals surface area contributed by atoms with E-state index >= 15 is 0 Å². The van der Waals surface area contributed by atoms with Crippen molar-refractivity contribution in [1.82, 2.24) is 10.0 Å². The number of carbonyl (C=O) groups excluding carboxylic acids is 1. The highest BCUT2D eigenvalue weighted by Crippen LogP contribution is 2.27. The van der Waals surface area contributed by atoms with Crippen LogP contribution in [-0.2, 0) is 19.6 Å². The molecule has 0 spiro atoms. The van der Waals surface area contributed by atoms with Crippen molar-refractivity contribution >= 4 is 27.3 Å². The van der Waals surface area contributed by atoms with Crippen LogP contribution < -0.4 is 20.7 Å². The monoisotopic (exact) mass is 370 g/mol. The number of hydrogen-bond donors (Lipinski definition) is 4. The predicted molar refractivity (Wildman–Crippen MR) is 97.3 cm³/mol. The van der Waals surface area contributed by atoms with Gasteiger partial charge in [-0.25, -0.2) is 13.1 Å². The Balaban J connectivity index is 2.23. The summed E-state index contributed by atoms with van der Waals surface area (Å²) < 4.78 is 31.4. The van der Waals surface area contributed by atoms with Crippen LogP contribution in [0.3, 0.4) is 0 Å². The summed E-state index contributed by atoms with van der Waals surface area (Å²) in [5, 5.41) is 9.26. The molecule has 1 heterocycles. The first-order valence-electron chi connectivity index (χ1n) is 8.30. The first kappa shape index (κ1) is 19.6. The Morgan fingerprint density at radius 3 is 2.64 bits per heavy atom. The fourth-order valence-corrected chi connectivity index (χ4v) is 3.43. The van der Waals surface area contributed by atoms with Crippen molar-refractivity contribution in [3.63, 3.8) is 0 Å². The minimum absolute atomic E-state index is 0.0716. The molecule has 8 nitrogen and oxygen atoms in total. The quantitative estimate of drug-likeness (QED) is 0.499. The molecule has 1 aromatic rings. The molecule has 1 aromatic carbocycles. The van der Waals surface area contributed by atoms with Gasteiger partial charge in [0.05, 0.1) is 22.9 Å². The number of benzene rings is 1. The molecular weight excluding hydrogens is 344 g/mol. The van der Waals surface area contributed by atoms with Gasteiger partial charge in [0.15, 0.2) is 0 Å². The molecule has 1 amide bonds. The fourth-order valence-electron chi connectivity index (χ4n) is 2.67. The van der Waals surface area contributed by atoms with Crippen LogP contribution in [0.25, 0.3) is 0 Å². The van der Waals surface area contributed by atoms with Gasteiger partial charge in [-0.2, -0.15) is 0 Å². The molecule has 1 aliphatic rings. The normalized spacial score (nSPS) is 15.8. The highest BCUT2D eigenvalue weighted by Gasteiger charge is 2.22. The lowest BCUT2D eigenvalue weighted by Crippen LogP contribution is -2.34. The minimum atomic E-state index is -3.59. The van der Waals surface area contributed by atoms with Gasteiger partial charge in [-0.3, -0.25) is 4.79 Å². The average Bonchev–Trinajstić information content (AvgIpc) is 2.63. The Hall–Kier alpha value is -1.68. The summed E-state index contributed by atoms with van der Waals surface area (Å²) in [6.45, 7) is 2.67. The Kier molecular flexibility index (Phi) is 7.18. The molecule has 2 rings (SSSR count). The lowest BCUT2D eigenvalue weighted by atomic mass is 9.97. The van der Waals surface area contributed by atoms with Crippen molar-refractivity contribution in [1.29, 1.82) is 0 Å². The molecule has 4 N–H and O–H groups in total. The largest absolute Gasteiger partial charge is 0.383 e. The van der Waals surface area contributed by atoms with Gasteiger partial charge in [0, 0.05) is 19.6 Å². The van der Waals surface area contributed by atoms with Gasteiger partial charge in [0.2, 0.25) is 15.9 Å². The zero-order chi connectivity index (χ0) is 18.3. The number of piperidine rings is 1. The first-order chi connectivity index (χ1) is 12.0. The van der Waals surface area contributed by atoms with Gasteiger partial charge < -0.3 is 20.7 Å². The highest BCUT2D eigenvalue weighted by atomic mass is 32.2. The molecule has 1 saturated heterocycles. The topological polar surface area (TPSA) is 109 Å². The lowest BCUT2D eigenvalue weighted by Gasteiger charge is -2.23. The zero-order valence-corrected chi connectivity index (χ0v) is 15.4. The lowest BCUT2D eigenvalue weighted by molar-refractivity contribution is -0.120. The van der Waals surface area contributed by atoms with Gasteiger partial charge in [0.1, 0.15) is 0 Å². The molecule has 0 atom stereocenters. The van der Waals surface area contributed by atoms with Crippen LogP contribution in [0, 0.1) is 5.92 Å². The molecular formula is C16H26N4O4S. The molecule has 9 heteroatoms. The molecule has 25 heavy (non-hydrogen) atoms. The SMILES string of the molecule is CNS(=O)(=O)c1ccc(NCCOC)c(NC(=O)C2CCNCC2)c1. The van der Waals surface area contributed by atoms with Crippen LogP contribution >= 0.6 is 0 Å². The molecule has 1 aliphatic heterocycles. The van der Waals surface area contributed by atoms with Crippen LogP contribution in [0.1, 0.15) is 12.8 Å². The van der Waals surface area contributed by atoms with E-state index in [0.717, 1.165) is 25.9 Å². The average molecular weight is 370 g/mol. The van der Waals surface area contributed by atoms with Crippen molar-refractivity contribution in [3.8, 4) is 0 Å². The molecule has 0 unspecified atom stereocenters. The summed E-state index contributed by atoms with van der Waals surface area (Å²) in [6.07, 6.45) is 1.54. The van der Waals surface area contributed by atoms with Gasteiger partial charge in [0.25, 0.3) is 0 Å². The molecule has 0 radical (unpaired) electrons. The number of carbonyl (C=O) groups is 1. The number of methoxy groups -OCH3 is 1. The van der Waals surface area contributed by atoms with E-state index in [9.17, 15) is 13.2 Å². The molecule has 0 bridgehead atoms. The van der Waals surface area contributed by atoms with Gasteiger partial charge >= 0.3 is 0 Å². The Morgan fingerprint density at radius 1 is 1.28 bits per heavy atom. The van der Waals surface area contributed by atoms with E-state index in [1.807, 2.05) is 0 Å². The van der Waals surface area contributed by atoms with Crippen LogP contribution in [-0.4, -0.2) is 54.7 Å². The maximum Gasteiger partial charge on any atom is 0.240 e. The number of ether oxygens (including phenoxy) is 1. The van der Waals surface area contributed by atoms with E-state index in [1.54, 1.807) is 13.2 Å². The maximum absolute atomic E-state index is 12.5. The second kappa shape index (κ2) is 9.14. The van der Waals surface area contributed by atoms with Crippen molar-refractivity contribution in [2.24, 2.45) is 5.92 Å². The molecule has 0 aliphatic carbocycles. The van der Waals surface area contributed by atoms with Gasteiger partial charge in [-0.05, 0) is 51.2 Å². The van der Waals surface area contributed by atoms with E-state index in [-0.39, 0.29) is 16.7 Å². The summed E-state index contributed by atoms with van der Waals surface area (Å²) in [6, 6.07) is 4.62. The van der Waals surface area contributed by atoms with Crippen molar-refractivity contribution < 1.29 is 17.9 Å². The minimum Gasteiger partial charge on any atom is -0.383 e. The number of rotatable bonds is 8. The molecule has 140 valence electrons. The molecule has 1 fully saturated rings. The fraction of sp³-hybridized carbons (Fsp3) is 0.562. The van der Waals surface area contributed by atoms with E-state index < -0.39 is 10.0 Å². The number of anilines is 2. The maximum atomic E-state index is 12.5. The molecule has 0 saturated carbocycles. The number of sulfonamides is 1. The van der Waals surface area contributed by atoms with Crippen molar-refractivity contribution in [2.45, 2.75) is 17.7 Å². The Labute approximate surface area is 148 Å². The smallest absolute Gasteiger partial charge is 0.240 e. The van der Waals surface area contributed by atoms with Crippen LogP contribution in [0.5, 0.6) is 0 Å². The van der Waals surface area contributed by atoms with E-state index in [1.165, 1.54) is 19.2 Å². The van der Waals surface area contributed by atoms with Crippen LogP contribution in [0.2, 0.25) is 0 Å². The van der Waals surface area contributed by atoms with Gasteiger partial charge in [-0.15, -0.1) is 0 Å². The van der Waals surface area contributed by atoms with E-state index in [4.69, 9.17) is 4.74 Å². The van der Waals surface area contributed by atoms with E-state index in [0.29, 0.717) is 24.5 Å².